The zero-order valence-electron chi connectivity index (χ0n) is 10.9. The van der Waals surface area contributed by atoms with Crippen molar-refractivity contribution in [3.8, 4) is 0 Å². The molecule has 5 heteroatoms. The van der Waals surface area contributed by atoms with Crippen molar-refractivity contribution in [2.75, 3.05) is 13.1 Å². The Labute approximate surface area is 117 Å². The Kier molecular flexibility index (Phi) is 4.14. The molecule has 19 heavy (non-hydrogen) atoms. The fourth-order valence-corrected chi connectivity index (χ4v) is 2.49. The Bertz CT molecular complexity index is 518. The molecule has 0 radical (unpaired) electrons. The lowest BCUT2D eigenvalue weighted by Gasteiger charge is -2.32. The summed E-state index contributed by atoms with van der Waals surface area (Å²) >= 11 is 4.99. The highest BCUT2D eigenvalue weighted by molar-refractivity contribution is 7.80. The first-order valence-electron chi connectivity index (χ1n) is 6.34. The molecular weight excluding hydrogens is 263 g/mol. The number of thiocarbonyl (C=S) groups is 1. The number of nitrogens with zero attached hydrogens (tertiary/aromatic N) is 1. The number of benzene rings is 1. The van der Waals surface area contributed by atoms with Gasteiger partial charge in [0.2, 0.25) is 0 Å². The Morgan fingerprint density at radius 2 is 2.26 bits per heavy atom. The van der Waals surface area contributed by atoms with Gasteiger partial charge in [-0.2, -0.15) is 0 Å². The zero-order chi connectivity index (χ0) is 14.0. The lowest BCUT2D eigenvalue weighted by molar-refractivity contribution is 0.0703. The van der Waals surface area contributed by atoms with Crippen LogP contribution in [0.5, 0.6) is 0 Å². The molecule has 0 bridgehead atoms. The summed E-state index contributed by atoms with van der Waals surface area (Å²) in [5.74, 6) is -0.434. The highest BCUT2D eigenvalue weighted by Gasteiger charge is 2.26. The van der Waals surface area contributed by atoms with Gasteiger partial charge in [-0.25, -0.2) is 4.39 Å². The van der Waals surface area contributed by atoms with Crippen LogP contribution in [0, 0.1) is 18.7 Å². The molecule has 1 heterocycles. The SMILES string of the molecule is Cc1ccc(C(=O)N2CCCC(C(N)=S)C2)cc1F. The summed E-state index contributed by atoms with van der Waals surface area (Å²) in [5, 5.41) is 0. The van der Waals surface area contributed by atoms with Crippen LogP contribution in [0.1, 0.15) is 28.8 Å². The van der Waals surface area contributed by atoms with Gasteiger partial charge in [-0.1, -0.05) is 18.3 Å². The van der Waals surface area contributed by atoms with Gasteiger partial charge in [0.05, 0.1) is 4.99 Å². The number of piperidine rings is 1. The standard InChI is InChI=1S/C14H17FN2OS/c1-9-4-5-10(7-12(9)15)14(18)17-6-2-3-11(8-17)13(16)19/h4-5,7,11H,2-3,6,8H2,1H3,(H2,16,19). The van der Waals surface area contributed by atoms with Crippen molar-refractivity contribution in [1.29, 1.82) is 0 Å². The lowest BCUT2D eigenvalue weighted by atomic mass is 9.97. The number of amides is 1. The number of hydrogen-bond donors (Lipinski definition) is 1. The van der Waals surface area contributed by atoms with Gasteiger partial charge in [0.1, 0.15) is 5.82 Å². The molecule has 1 unspecified atom stereocenters. The van der Waals surface area contributed by atoms with Gasteiger partial charge < -0.3 is 10.6 Å². The second kappa shape index (κ2) is 5.65. The van der Waals surface area contributed by atoms with Crippen LogP contribution in [0.4, 0.5) is 4.39 Å². The second-order valence-electron chi connectivity index (χ2n) is 4.96. The van der Waals surface area contributed by atoms with E-state index in [-0.39, 0.29) is 17.6 Å². The monoisotopic (exact) mass is 280 g/mol. The lowest BCUT2D eigenvalue weighted by Crippen LogP contribution is -2.43. The van der Waals surface area contributed by atoms with Gasteiger partial charge in [-0.15, -0.1) is 0 Å². The van der Waals surface area contributed by atoms with E-state index in [9.17, 15) is 9.18 Å². The number of carbonyl (C=O) groups excluding carboxylic acids is 1. The van der Waals surface area contributed by atoms with E-state index in [2.05, 4.69) is 0 Å². The number of nitrogens with two attached hydrogens (primary N) is 1. The van der Waals surface area contributed by atoms with Crippen LogP contribution in [-0.2, 0) is 0 Å². The van der Waals surface area contributed by atoms with E-state index in [0.717, 1.165) is 12.8 Å². The predicted octanol–water partition coefficient (Wildman–Crippen LogP) is 2.27. The van der Waals surface area contributed by atoms with Crippen LogP contribution in [0.3, 0.4) is 0 Å². The topological polar surface area (TPSA) is 46.3 Å². The van der Waals surface area contributed by atoms with E-state index in [1.165, 1.54) is 6.07 Å². The average Bonchev–Trinajstić information content (AvgIpc) is 2.41. The van der Waals surface area contributed by atoms with E-state index in [1.54, 1.807) is 24.0 Å². The Hall–Kier alpha value is -1.49. The van der Waals surface area contributed by atoms with Crippen LogP contribution >= 0.6 is 12.2 Å². The molecule has 1 aliphatic heterocycles. The average molecular weight is 280 g/mol. The van der Waals surface area contributed by atoms with Crippen molar-refractivity contribution in [2.24, 2.45) is 11.7 Å². The Morgan fingerprint density at radius 1 is 1.53 bits per heavy atom. The highest BCUT2D eigenvalue weighted by Crippen LogP contribution is 2.19. The van der Waals surface area contributed by atoms with Crippen molar-refractivity contribution >= 4 is 23.1 Å². The van der Waals surface area contributed by atoms with Gasteiger partial charge in [-0.05, 0) is 37.5 Å². The van der Waals surface area contributed by atoms with E-state index in [1.807, 2.05) is 0 Å². The Balaban J connectivity index is 2.14. The van der Waals surface area contributed by atoms with Gasteiger partial charge in [0, 0.05) is 24.6 Å². The van der Waals surface area contributed by atoms with Crippen LogP contribution in [0.15, 0.2) is 18.2 Å². The quantitative estimate of drug-likeness (QED) is 0.845. The summed E-state index contributed by atoms with van der Waals surface area (Å²) in [6.07, 6.45) is 1.80. The molecule has 2 rings (SSSR count). The first-order chi connectivity index (χ1) is 8.99. The molecule has 1 saturated heterocycles. The van der Waals surface area contributed by atoms with E-state index in [0.29, 0.717) is 29.2 Å². The molecule has 2 N–H and O–H groups in total. The molecular formula is C14H17FN2OS. The Morgan fingerprint density at radius 3 is 2.89 bits per heavy atom. The third-order valence-electron chi connectivity index (χ3n) is 3.53. The van der Waals surface area contributed by atoms with Crippen molar-refractivity contribution < 1.29 is 9.18 Å². The van der Waals surface area contributed by atoms with Gasteiger partial charge in [0.15, 0.2) is 0 Å². The molecule has 1 amide bonds. The normalized spacial score (nSPS) is 19.3. The largest absolute Gasteiger partial charge is 0.393 e. The fraction of sp³-hybridized carbons (Fsp3) is 0.429. The number of carbonyl (C=O) groups is 1. The van der Waals surface area contributed by atoms with Crippen LogP contribution in [-0.4, -0.2) is 28.9 Å². The van der Waals surface area contributed by atoms with Gasteiger partial charge in [-0.3, -0.25) is 4.79 Å². The third-order valence-corrected chi connectivity index (χ3v) is 3.86. The molecule has 1 atom stereocenters. The van der Waals surface area contributed by atoms with Crippen LogP contribution in [0.25, 0.3) is 0 Å². The molecule has 0 saturated carbocycles. The van der Waals surface area contributed by atoms with Crippen molar-refractivity contribution in [1.82, 2.24) is 4.90 Å². The summed E-state index contributed by atoms with van der Waals surface area (Å²) in [7, 11) is 0. The molecule has 1 aromatic rings. The minimum Gasteiger partial charge on any atom is -0.393 e. The van der Waals surface area contributed by atoms with Crippen molar-refractivity contribution in [3.05, 3.63) is 35.1 Å². The summed E-state index contributed by atoms with van der Waals surface area (Å²) < 4.78 is 13.5. The molecule has 1 fully saturated rings. The van der Waals surface area contributed by atoms with E-state index in [4.69, 9.17) is 18.0 Å². The maximum absolute atomic E-state index is 13.5. The van der Waals surface area contributed by atoms with Crippen molar-refractivity contribution in [3.63, 3.8) is 0 Å². The molecule has 0 aromatic heterocycles. The van der Waals surface area contributed by atoms with Gasteiger partial charge >= 0.3 is 0 Å². The number of aryl methyl sites for hydroxylation is 1. The molecule has 0 aliphatic carbocycles. The van der Waals surface area contributed by atoms with E-state index >= 15 is 0 Å². The molecule has 1 aliphatic rings. The summed E-state index contributed by atoms with van der Waals surface area (Å²) in [6, 6.07) is 4.57. The van der Waals surface area contributed by atoms with Crippen LogP contribution in [0.2, 0.25) is 0 Å². The number of rotatable bonds is 2. The predicted molar refractivity (Wildman–Crippen MR) is 76.5 cm³/mol. The number of likely N-dealkylation sites (tertiary alicyclic amines) is 1. The molecule has 0 spiro atoms. The van der Waals surface area contributed by atoms with Crippen LogP contribution < -0.4 is 5.73 Å². The maximum atomic E-state index is 13.5. The first kappa shape index (κ1) is 13.9. The minimum absolute atomic E-state index is 0.0722. The number of hydrogen-bond acceptors (Lipinski definition) is 2. The smallest absolute Gasteiger partial charge is 0.253 e. The molecule has 3 nitrogen and oxygen atoms in total. The first-order valence-corrected chi connectivity index (χ1v) is 6.74. The number of halogens is 1. The second-order valence-corrected chi connectivity index (χ2v) is 5.43. The summed E-state index contributed by atoms with van der Waals surface area (Å²) in [6.45, 7) is 2.88. The van der Waals surface area contributed by atoms with E-state index < -0.39 is 0 Å². The maximum Gasteiger partial charge on any atom is 0.253 e. The summed E-state index contributed by atoms with van der Waals surface area (Å²) in [4.78, 5) is 14.5. The minimum atomic E-state index is -0.353. The highest BCUT2D eigenvalue weighted by atomic mass is 32.1. The van der Waals surface area contributed by atoms with Crippen molar-refractivity contribution in [2.45, 2.75) is 19.8 Å². The van der Waals surface area contributed by atoms with Gasteiger partial charge in [0.25, 0.3) is 5.91 Å². The summed E-state index contributed by atoms with van der Waals surface area (Å²) in [5.41, 5.74) is 6.57. The zero-order valence-corrected chi connectivity index (χ0v) is 11.7. The molecule has 1 aromatic carbocycles. The molecule has 102 valence electrons. The fourth-order valence-electron chi connectivity index (χ4n) is 2.30. The third kappa shape index (κ3) is 3.10.